The molecule has 2 aromatic heterocycles. The third kappa shape index (κ3) is 3.68. The first-order chi connectivity index (χ1) is 16.0. The predicted molar refractivity (Wildman–Crippen MR) is 123 cm³/mol. The number of ether oxygens (including phenoxy) is 2. The average molecular weight is 467 g/mol. The van der Waals surface area contributed by atoms with E-state index in [4.69, 9.17) is 26.1 Å². The van der Waals surface area contributed by atoms with Crippen LogP contribution in [0.2, 0.25) is 5.02 Å². The van der Waals surface area contributed by atoms with Gasteiger partial charge in [0.1, 0.15) is 5.82 Å². The molecule has 10 heteroatoms. The van der Waals surface area contributed by atoms with Gasteiger partial charge in [0, 0.05) is 23.7 Å². The SMILES string of the molecule is COc1cc2nc([C@@H]3[C@@H](C)CCN3C(=O)c3cc(Cl)ccc3-n3nccn3)[nH]c2cc1OC. The van der Waals surface area contributed by atoms with Gasteiger partial charge in [-0.3, -0.25) is 4.79 Å². The topological polar surface area (TPSA) is 98.2 Å². The van der Waals surface area contributed by atoms with Gasteiger partial charge in [0.2, 0.25) is 0 Å². The van der Waals surface area contributed by atoms with Crippen molar-refractivity contribution in [2.24, 2.45) is 5.92 Å². The molecule has 2 atom stereocenters. The minimum absolute atomic E-state index is 0.144. The summed E-state index contributed by atoms with van der Waals surface area (Å²) >= 11 is 6.26. The van der Waals surface area contributed by atoms with Crippen molar-refractivity contribution in [3.63, 3.8) is 0 Å². The summed E-state index contributed by atoms with van der Waals surface area (Å²) < 4.78 is 10.8. The number of nitrogens with zero attached hydrogens (tertiary/aromatic N) is 5. The number of methoxy groups -OCH3 is 2. The number of aromatic nitrogens is 5. The van der Waals surface area contributed by atoms with E-state index in [1.165, 1.54) is 4.80 Å². The molecule has 9 nitrogen and oxygen atoms in total. The van der Waals surface area contributed by atoms with E-state index in [2.05, 4.69) is 22.1 Å². The number of hydrogen-bond acceptors (Lipinski definition) is 6. The van der Waals surface area contributed by atoms with Gasteiger partial charge in [-0.05, 0) is 30.5 Å². The third-order valence-electron chi connectivity index (χ3n) is 6.07. The van der Waals surface area contributed by atoms with E-state index in [-0.39, 0.29) is 17.9 Å². The van der Waals surface area contributed by atoms with Gasteiger partial charge in [0.15, 0.2) is 11.5 Å². The lowest BCUT2D eigenvalue weighted by molar-refractivity contribution is 0.0714. The Morgan fingerprint density at radius 3 is 2.58 bits per heavy atom. The van der Waals surface area contributed by atoms with Crippen LogP contribution in [0.5, 0.6) is 11.5 Å². The molecule has 2 aromatic carbocycles. The summed E-state index contributed by atoms with van der Waals surface area (Å²) in [6.07, 6.45) is 4.00. The summed E-state index contributed by atoms with van der Waals surface area (Å²) in [5.41, 5.74) is 2.58. The van der Waals surface area contributed by atoms with Crippen LogP contribution >= 0.6 is 11.6 Å². The number of carbonyl (C=O) groups is 1. The van der Waals surface area contributed by atoms with E-state index in [1.807, 2.05) is 17.0 Å². The van der Waals surface area contributed by atoms with Gasteiger partial charge in [-0.2, -0.15) is 15.0 Å². The van der Waals surface area contributed by atoms with Crippen LogP contribution in [-0.4, -0.2) is 56.5 Å². The molecule has 0 aliphatic carbocycles. The molecule has 33 heavy (non-hydrogen) atoms. The van der Waals surface area contributed by atoms with Crippen molar-refractivity contribution in [3.05, 3.63) is 59.1 Å². The van der Waals surface area contributed by atoms with Crippen molar-refractivity contribution in [1.29, 1.82) is 0 Å². The zero-order valence-electron chi connectivity index (χ0n) is 18.4. The smallest absolute Gasteiger partial charge is 0.256 e. The summed E-state index contributed by atoms with van der Waals surface area (Å²) in [5, 5.41) is 8.85. The number of halogens is 1. The lowest BCUT2D eigenvalue weighted by Gasteiger charge is -2.26. The van der Waals surface area contributed by atoms with Gasteiger partial charge in [0.05, 0.1) is 54.9 Å². The van der Waals surface area contributed by atoms with E-state index in [0.29, 0.717) is 34.3 Å². The summed E-state index contributed by atoms with van der Waals surface area (Å²) in [4.78, 5) is 25.2. The maximum Gasteiger partial charge on any atom is 0.256 e. The number of amides is 1. The Hall–Kier alpha value is -3.59. The Labute approximate surface area is 195 Å². The zero-order chi connectivity index (χ0) is 23.1. The van der Waals surface area contributed by atoms with Crippen LogP contribution < -0.4 is 9.47 Å². The van der Waals surface area contributed by atoms with Crippen LogP contribution in [-0.2, 0) is 0 Å². The molecule has 3 heterocycles. The van der Waals surface area contributed by atoms with E-state index in [0.717, 1.165) is 23.3 Å². The molecule has 1 saturated heterocycles. The molecular weight excluding hydrogens is 444 g/mol. The van der Waals surface area contributed by atoms with Crippen LogP contribution in [0.3, 0.4) is 0 Å². The highest BCUT2D eigenvalue weighted by molar-refractivity contribution is 6.31. The maximum atomic E-state index is 13.8. The summed E-state index contributed by atoms with van der Waals surface area (Å²) in [6, 6.07) is 8.61. The number of aromatic amines is 1. The number of rotatable bonds is 5. The number of benzene rings is 2. The van der Waals surface area contributed by atoms with Crippen LogP contribution in [0.1, 0.15) is 35.6 Å². The fraction of sp³-hybridized carbons (Fsp3) is 0.304. The highest BCUT2D eigenvalue weighted by Crippen LogP contribution is 2.39. The molecular formula is C23H23ClN6O3. The van der Waals surface area contributed by atoms with E-state index >= 15 is 0 Å². The Kier molecular flexibility index (Phi) is 5.41. The Morgan fingerprint density at radius 2 is 1.85 bits per heavy atom. The number of likely N-dealkylation sites (tertiary alicyclic amines) is 1. The number of hydrogen-bond donors (Lipinski definition) is 1. The van der Waals surface area contributed by atoms with Gasteiger partial charge < -0.3 is 19.4 Å². The van der Waals surface area contributed by atoms with E-state index in [9.17, 15) is 4.79 Å². The normalized spacial score (nSPS) is 18.1. The highest BCUT2D eigenvalue weighted by atomic mass is 35.5. The van der Waals surface area contributed by atoms with Crippen molar-refractivity contribution in [3.8, 4) is 17.2 Å². The monoisotopic (exact) mass is 466 g/mol. The first-order valence-electron chi connectivity index (χ1n) is 10.6. The molecule has 0 unspecified atom stereocenters. The molecule has 0 saturated carbocycles. The van der Waals surface area contributed by atoms with E-state index < -0.39 is 0 Å². The molecule has 4 aromatic rings. The third-order valence-corrected chi connectivity index (χ3v) is 6.30. The summed E-state index contributed by atoms with van der Waals surface area (Å²) in [7, 11) is 3.19. The van der Waals surface area contributed by atoms with Crippen molar-refractivity contribution in [2.75, 3.05) is 20.8 Å². The van der Waals surface area contributed by atoms with Crippen molar-refractivity contribution in [2.45, 2.75) is 19.4 Å². The molecule has 170 valence electrons. The summed E-state index contributed by atoms with van der Waals surface area (Å²) in [5.74, 6) is 2.01. The van der Waals surface area contributed by atoms with Gasteiger partial charge in [-0.1, -0.05) is 18.5 Å². The predicted octanol–water partition coefficient (Wildman–Crippen LogP) is 4.04. The molecule has 1 aliphatic rings. The number of carbonyl (C=O) groups excluding carboxylic acids is 1. The zero-order valence-corrected chi connectivity index (χ0v) is 19.2. The fourth-order valence-electron chi connectivity index (χ4n) is 4.44. The molecule has 0 bridgehead atoms. The van der Waals surface area contributed by atoms with Crippen LogP contribution in [0.25, 0.3) is 16.7 Å². The molecule has 0 spiro atoms. The van der Waals surface area contributed by atoms with Gasteiger partial charge in [0.25, 0.3) is 5.91 Å². The highest BCUT2D eigenvalue weighted by Gasteiger charge is 2.39. The molecule has 1 amide bonds. The molecule has 5 rings (SSSR count). The summed E-state index contributed by atoms with van der Waals surface area (Å²) in [6.45, 7) is 2.73. The second-order valence-electron chi connectivity index (χ2n) is 8.04. The van der Waals surface area contributed by atoms with Crippen LogP contribution in [0, 0.1) is 5.92 Å². The number of fused-ring (bicyclic) bond motifs is 1. The van der Waals surface area contributed by atoms with Gasteiger partial charge in [-0.25, -0.2) is 4.98 Å². The van der Waals surface area contributed by atoms with Crippen molar-refractivity contribution < 1.29 is 14.3 Å². The minimum atomic E-state index is -0.223. The number of imidazole rings is 1. The van der Waals surface area contributed by atoms with Crippen LogP contribution in [0.4, 0.5) is 0 Å². The minimum Gasteiger partial charge on any atom is -0.493 e. The number of nitrogens with one attached hydrogen (secondary N) is 1. The first-order valence-corrected chi connectivity index (χ1v) is 11.0. The second kappa shape index (κ2) is 8.40. The van der Waals surface area contributed by atoms with Crippen molar-refractivity contribution in [1.82, 2.24) is 29.9 Å². The number of H-pyrrole nitrogens is 1. The quantitative estimate of drug-likeness (QED) is 0.476. The fourth-order valence-corrected chi connectivity index (χ4v) is 4.61. The maximum absolute atomic E-state index is 13.8. The van der Waals surface area contributed by atoms with Gasteiger partial charge in [-0.15, -0.1) is 0 Å². The largest absolute Gasteiger partial charge is 0.493 e. The first kappa shape index (κ1) is 21.3. The lowest BCUT2D eigenvalue weighted by Crippen LogP contribution is -2.33. The molecule has 1 fully saturated rings. The lowest BCUT2D eigenvalue weighted by atomic mass is 10.0. The second-order valence-corrected chi connectivity index (χ2v) is 8.47. The molecule has 1 N–H and O–H groups in total. The molecule has 0 radical (unpaired) electrons. The average Bonchev–Trinajstić information content (AvgIpc) is 3.56. The van der Waals surface area contributed by atoms with Gasteiger partial charge >= 0.3 is 0 Å². The molecule has 1 aliphatic heterocycles. The van der Waals surface area contributed by atoms with Crippen molar-refractivity contribution >= 4 is 28.5 Å². The Balaban J connectivity index is 1.55. The van der Waals surface area contributed by atoms with Crippen LogP contribution in [0.15, 0.2) is 42.7 Å². The van der Waals surface area contributed by atoms with E-state index in [1.54, 1.807) is 44.8 Å². The Morgan fingerprint density at radius 1 is 1.12 bits per heavy atom. The standard InChI is InChI=1S/C23H23ClN6O3/c1-13-6-9-29(23(31)15-10-14(24)4-5-18(15)30-25-7-8-26-30)21(13)22-27-16-11-19(32-2)20(33-3)12-17(16)28-22/h4-5,7-8,10-13,21H,6,9H2,1-3H3,(H,27,28)/t13-,21-/m0/s1. The Bertz CT molecular complexity index is 1280.